The van der Waals surface area contributed by atoms with Gasteiger partial charge in [0, 0.05) is 34.1 Å². The Bertz CT molecular complexity index is 1230. The average molecular weight is 428 g/mol. The molecular weight excluding hydrogens is 406 g/mol. The molecule has 0 fully saturated rings. The number of hydrogen-bond acceptors (Lipinski definition) is 3. The van der Waals surface area contributed by atoms with Crippen LogP contribution in [0.25, 0.3) is 17.0 Å². The number of thioether (sulfide) groups is 1. The van der Waals surface area contributed by atoms with Gasteiger partial charge in [0.2, 0.25) is 11.8 Å². The van der Waals surface area contributed by atoms with E-state index in [9.17, 15) is 9.59 Å². The molecule has 0 atom stereocenters. The van der Waals surface area contributed by atoms with Gasteiger partial charge < -0.3 is 15.6 Å². The topological polar surface area (TPSA) is 74.0 Å². The van der Waals surface area contributed by atoms with Crippen molar-refractivity contribution in [1.29, 1.82) is 0 Å². The molecule has 0 aliphatic heterocycles. The second-order valence-corrected chi connectivity index (χ2v) is 7.93. The first kappa shape index (κ1) is 20.5. The van der Waals surface area contributed by atoms with Gasteiger partial charge in [0.15, 0.2) is 0 Å². The summed E-state index contributed by atoms with van der Waals surface area (Å²) in [5, 5.41) is 6.87. The molecule has 0 saturated carbocycles. The smallest absolute Gasteiger partial charge is 0.248 e. The third kappa shape index (κ3) is 5.87. The van der Waals surface area contributed by atoms with Gasteiger partial charge in [-0.2, -0.15) is 0 Å². The summed E-state index contributed by atoms with van der Waals surface area (Å²) in [6, 6.07) is 24.9. The van der Waals surface area contributed by atoms with E-state index in [0.29, 0.717) is 5.69 Å². The quantitative estimate of drug-likeness (QED) is 0.267. The molecule has 4 rings (SSSR count). The van der Waals surface area contributed by atoms with Crippen LogP contribution < -0.4 is 10.6 Å². The Kier molecular flexibility index (Phi) is 6.50. The van der Waals surface area contributed by atoms with Gasteiger partial charge in [-0.15, -0.1) is 11.8 Å². The van der Waals surface area contributed by atoms with Gasteiger partial charge in [0.25, 0.3) is 0 Å². The van der Waals surface area contributed by atoms with Gasteiger partial charge in [-0.05, 0) is 53.4 Å². The summed E-state index contributed by atoms with van der Waals surface area (Å²) >= 11 is 1.42. The van der Waals surface area contributed by atoms with E-state index in [0.717, 1.165) is 27.0 Å². The number of nitrogens with one attached hydrogen (secondary N) is 3. The predicted molar refractivity (Wildman–Crippen MR) is 128 cm³/mol. The maximum absolute atomic E-state index is 12.3. The summed E-state index contributed by atoms with van der Waals surface area (Å²) in [5.74, 6) is -0.0201. The van der Waals surface area contributed by atoms with Crippen LogP contribution in [0.1, 0.15) is 5.56 Å². The molecule has 4 aromatic rings. The number of rotatable bonds is 7. The monoisotopic (exact) mass is 427 g/mol. The van der Waals surface area contributed by atoms with Crippen LogP contribution in [0, 0.1) is 0 Å². The molecule has 0 spiro atoms. The van der Waals surface area contributed by atoms with Crippen molar-refractivity contribution in [1.82, 2.24) is 4.98 Å². The summed E-state index contributed by atoms with van der Waals surface area (Å²) in [4.78, 5) is 28.5. The molecule has 1 aromatic heterocycles. The summed E-state index contributed by atoms with van der Waals surface area (Å²) in [6.07, 6.45) is 5.14. The zero-order valence-corrected chi connectivity index (χ0v) is 17.5. The largest absolute Gasteiger partial charge is 0.361 e. The molecule has 31 heavy (non-hydrogen) atoms. The summed E-state index contributed by atoms with van der Waals surface area (Å²) in [5.41, 5.74) is 3.38. The highest BCUT2D eigenvalue weighted by Crippen LogP contribution is 2.23. The number of aromatic nitrogens is 1. The SMILES string of the molecule is O=C(/C=C/c1ccccc1)Nc1cccc(SCC(=O)Nc2ccc3cc[nH]c3c2)c1. The lowest BCUT2D eigenvalue weighted by Crippen LogP contribution is -2.14. The predicted octanol–water partition coefficient (Wildman–Crippen LogP) is 5.55. The molecule has 2 amide bonds. The number of H-pyrrole nitrogens is 1. The van der Waals surface area contributed by atoms with E-state index < -0.39 is 0 Å². The van der Waals surface area contributed by atoms with E-state index in [-0.39, 0.29) is 17.6 Å². The lowest BCUT2D eigenvalue weighted by Gasteiger charge is -2.07. The number of amides is 2. The van der Waals surface area contributed by atoms with Crippen molar-refractivity contribution in [3.05, 3.63) is 96.7 Å². The fourth-order valence-corrected chi connectivity index (χ4v) is 3.81. The van der Waals surface area contributed by atoms with Gasteiger partial charge in [-0.3, -0.25) is 9.59 Å². The Morgan fingerprint density at radius 1 is 0.871 bits per heavy atom. The van der Waals surface area contributed by atoms with Crippen molar-refractivity contribution < 1.29 is 9.59 Å². The van der Waals surface area contributed by atoms with Gasteiger partial charge >= 0.3 is 0 Å². The molecule has 3 aromatic carbocycles. The summed E-state index contributed by atoms with van der Waals surface area (Å²) < 4.78 is 0. The first-order valence-corrected chi connectivity index (χ1v) is 10.8. The van der Waals surface area contributed by atoms with Crippen molar-refractivity contribution in [2.75, 3.05) is 16.4 Å². The summed E-state index contributed by atoms with van der Waals surface area (Å²) in [6.45, 7) is 0. The molecular formula is C25H21N3O2S. The van der Waals surface area contributed by atoms with Gasteiger partial charge in [0.05, 0.1) is 5.75 Å². The Hall–Kier alpha value is -3.77. The Morgan fingerprint density at radius 3 is 2.58 bits per heavy atom. The van der Waals surface area contributed by atoms with E-state index >= 15 is 0 Å². The van der Waals surface area contributed by atoms with Crippen LogP contribution in [0.3, 0.4) is 0 Å². The first-order valence-electron chi connectivity index (χ1n) is 9.80. The van der Waals surface area contributed by atoms with Crippen LogP contribution in [-0.4, -0.2) is 22.6 Å². The van der Waals surface area contributed by atoms with Crippen LogP contribution in [0.5, 0.6) is 0 Å². The zero-order valence-electron chi connectivity index (χ0n) is 16.7. The lowest BCUT2D eigenvalue weighted by atomic mass is 10.2. The highest BCUT2D eigenvalue weighted by Gasteiger charge is 2.06. The van der Waals surface area contributed by atoms with E-state index in [1.165, 1.54) is 17.8 Å². The van der Waals surface area contributed by atoms with Crippen molar-refractivity contribution >= 4 is 51.9 Å². The Labute approximate surface area is 184 Å². The molecule has 0 aliphatic rings. The number of aromatic amines is 1. The molecule has 1 heterocycles. The van der Waals surface area contributed by atoms with Crippen LogP contribution in [0.15, 0.2) is 96.0 Å². The molecule has 0 unspecified atom stereocenters. The van der Waals surface area contributed by atoms with E-state index in [1.54, 1.807) is 6.08 Å². The number of benzene rings is 3. The van der Waals surface area contributed by atoms with Gasteiger partial charge in [0.1, 0.15) is 0 Å². The number of carbonyl (C=O) groups excluding carboxylic acids is 2. The third-order valence-corrected chi connectivity index (χ3v) is 5.53. The first-order chi connectivity index (χ1) is 15.2. The highest BCUT2D eigenvalue weighted by molar-refractivity contribution is 8.00. The van der Waals surface area contributed by atoms with Crippen LogP contribution in [0.4, 0.5) is 11.4 Å². The van der Waals surface area contributed by atoms with Crippen molar-refractivity contribution in [3.63, 3.8) is 0 Å². The maximum Gasteiger partial charge on any atom is 0.248 e. The number of fused-ring (bicyclic) bond motifs is 1. The van der Waals surface area contributed by atoms with Crippen molar-refractivity contribution in [3.8, 4) is 0 Å². The van der Waals surface area contributed by atoms with Gasteiger partial charge in [-0.1, -0.05) is 42.5 Å². The van der Waals surface area contributed by atoms with Crippen LogP contribution in [-0.2, 0) is 9.59 Å². The van der Waals surface area contributed by atoms with Crippen molar-refractivity contribution in [2.45, 2.75) is 4.90 Å². The fraction of sp³-hybridized carbons (Fsp3) is 0.0400. The molecule has 5 nitrogen and oxygen atoms in total. The van der Waals surface area contributed by atoms with E-state index in [1.807, 2.05) is 85.1 Å². The standard InChI is InChI=1S/C25H21N3O2S/c29-24(12-9-18-5-2-1-3-6-18)27-20-7-4-8-22(15-20)31-17-25(30)28-21-11-10-19-13-14-26-23(19)16-21/h1-16,26H,17H2,(H,27,29)(H,28,30)/b12-9+. The fourth-order valence-electron chi connectivity index (χ4n) is 3.06. The Balaban J connectivity index is 1.30. The maximum atomic E-state index is 12.3. The second-order valence-electron chi connectivity index (χ2n) is 6.88. The third-order valence-electron chi connectivity index (χ3n) is 4.54. The minimum Gasteiger partial charge on any atom is -0.361 e. The van der Waals surface area contributed by atoms with E-state index in [4.69, 9.17) is 0 Å². The zero-order chi connectivity index (χ0) is 21.5. The second kappa shape index (κ2) is 9.82. The number of hydrogen-bond donors (Lipinski definition) is 3. The molecule has 154 valence electrons. The molecule has 0 aliphatic carbocycles. The number of carbonyl (C=O) groups is 2. The molecule has 0 radical (unpaired) electrons. The van der Waals surface area contributed by atoms with Gasteiger partial charge in [-0.25, -0.2) is 0 Å². The van der Waals surface area contributed by atoms with Crippen LogP contribution >= 0.6 is 11.8 Å². The van der Waals surface area contributed by atoms with Crippen molar-refractivity contribution in [2.24, 2.45) is 0 Å². The minimum atomic E-state index is -0.205. The Morgan fingerprint density at radius 2 is 1.71 bits per heavy atom. The summed E-state index contributed by atoms with van der Waals surface area (Å²) in [7, 11) is 0. The molecule has 6 heteroatoms. The van der Waals surface area contributed by atoms with Crippen LogP contribution in [0.2, 0.25) is 0 Å². The van der Waals surface area contributed by atoms with E-state index in [2.05, 4.69) is 15.6 Å². The molecule has 0 bridgehead atoms. The molecule has 0 saturated heterocycles. The lowest BCUT2D eigenvalue weighted by molar-refractivity contribution is -0.114. The number of anilines is 2. The molecule has 3 N–H and O–H groups in total. The highest BCUT2D eigenvalue weighted by atomic mass is 32.2. The normalized spacial score (nSPS) is 11.0. The average Bonchev–Trinajstić information content (AvgIpc) is 3.25. The minimum absolute atomic E-state index is 0.0869.